The number of nitrogens with one attached hydrogen (secondary N) is 2. The number of carbonyl (C=O) groups is 1. The minimum atomic E-state index is -3.70. The van der Waals surface area contributed by atoms with Gasteiger partial charge in [-0.3, -0.25) is 9.52 Å². The van der Waals surface area contributed by atoms with Crippen LogP contribution in [0.2, 0.25) is 0 Å². The van der Waals surface area contributed by atoms with Gasteiger partial charge in [-0.2, -0.15) is 4.98 Å². The first-order chi connectivity index (χ1) is 17.2. The van der Waals surface area contributed by atoms with E-state index >= 15 is 0 Å². The summed E-state index contributed by atoms with van der Waals surface area (Å²) in [6.07, 6.45) is 4.57. The van der Waals surface area contributed by atoms with Crippen molar-refractivity contribution in [2.75, 3.05) is 47.0 Å². The Labute approximate surface area is 211 Å². The van der Waals surface area contributed by atoms with Crippen LogP contribution in [-0.2, 0) is 10.0 Å². The Morgan fingerprint density at radius 1 is 1.19 bits per heavy atom. The van der Waals surface area contributed by atoms with Crippen molar-refractivity contribution < 1.29 is 28.2 Å². The first-order valence-corrected chi connectivity index (χ1v) is 13.9. The molecular weight excluding hydrogens is 484 g/mol. The molecule has 1 saturated heterocycles. The Bertz CT molecular complexity index is 1170. The van der Waals surface area contributed by atoms with Crippen LogP contribution >= 0.6 is 0 Å². The Morgan fingerprint density at radius 3 is 2.61 bits per heavy atom. The van der Waals surface area contributed by atoms with Crippen LogP contribution in [0.1, 0.15) is 49.4 Å². The number of aliphatic hydroxyl groups is 2. The van der Waals surface area contributed by atoms with E-state index in [0.29, 0.717) is 47.1 Å². The molecule has 10 nitrogen and oxygen atoms in total. The van der Waals surface area contributed by atoms with Crippen LogP contribution in [-0.4, -0.2) is 67.7 Å². The third-order valence-electron chi connectivity index (χ3n) is 6.75. The minimum absolute atomic E-state index is 0.302. The molecule has 1 aliphatic heterocycles. The number of rotatable bonds is 11. The fourth-order valence-electron chi connectivity index (χ4n) is 4.38. The number of carbonyl (C=O) groups excluding carboxylic acids is 1. The van der Waals surface area contributed by atoms with Crippen LogP contribution in [0.4, 0.5) is 17.2 Å². The molecule has 2 aliphatic rings. The lowest BCUT2D eigenvalue weighted by Crippen LogP contribution is -2.35. The van der Waals surface area contributed by atoms with Gasteiger partial charge >= 0.3 is 0 Å². The van der Waals surface area contributed by atoms with Crippen LogP contribution in [0, 0.1) is 5.41 Å². The van der Waals surface area contributed by atoms with Crippen molar-refractivity contribution in [3.05, 3.63) is 42.0 Å². The number of aromatic nitrogens is 1. The molecule has 36 heavy (non-hydrogen) atoms. The first-order valence-electron chi connectivity index (χ1n) is 12.3. The van der Waals surface area contributed by atoms with Gasteiger partial charge in [-0.15, -0.1) is 0 Å². The van der Waals surface area contributed by atoms with Gasteiger partial charge in [-0.1, -0.05) is 6.07 Å². The molecule has 2 fully saturated rings. The Morgan fingerprint density at radius 2 is 1.94 bits per heavy atom. The number of anilines is 3. The molecule has 196 valence electrons. The highest BCUT2D eigenvalue weighted by Crippen LogP contribution is 2.54. The van der Waals surface area contributed by atoms with Crippen molar-refractivity contribution in [3.63, 3.8) is 0 Å². The monoisotopic (exact) mass is 518 g/mol. The Balaban J connectivity index is 1.54. The fraction of sp³-hybridized carbons (Fsp3) is 0.520. The minimum Gasteiger partial charge on any atom is -0.478 e. The predicted octanol–water partition coefficient (Wildman–Crippen LogP) is 2.60. The number of piperidine rings is 1. The topological polar surface area (TPSA) is 141 Å². The molecule has 1 aromatic heterocycles. The largest absolute Gasteiger partial charge is 0.478 e. The van der Waals surface area contributed by atoms with Crippen LogP contribution in [0.3, 0.4) is 0 Å². The molecule has 1 spiro atoms. The summed E-state index contributed by atoms with van der Waals surface area (Å²) < 4.78 is 32.4. The molecule has 2 aromatic rings. The molecule has 1 saturated carbocycles. The lowest BCUT2D eigenvalue weighted by atomic mass is 9.93. The summed E-state index contributed by atoms with van der Waals surface area (Å²) in [5, 5.41) is 21.2. The molecule has 1 aromatic carbocycles. The molecule has 0 bridgehead atoms. The number of ether oxygens (including phenoxy) is 1. The van der Waals surface area contributed by atoms with Crippen molar-refractivity contribution in [1.82, 2.24) is 4.98 Å². The summed E-state index contributed by atoms with van der Waals surface area (Å²) in [6.45, 7) is 3.08. The zero-order valence-corrected chi connectivity index (χ0v) is 21.3. The highest BCUT2D eigenvalue weighted by atomic mass is 32.2. The molecule has 4 rings (SSSR count). The molecule has 1 unspecified atom stereocenters. The lowest BCUT2D eigenvalue weighted by molar-refractivity contribution is 0.102. The number of nitrogens with zero attached hydrogens (tertiary/aromatic N) is 2. The second kappa shape index (κ2) is 11.0. The van der Waals surface area contributed by atoms with Crippen molar-refractivity contribution in [1.29, 1.82) is 0 Å². The molecule has 2 heterocycles. The molecular formula is C25H34N4O6S. The third-order valence-corrected chi connectivity index (χ3v) is 8.02. The van der Waals surface area contributed by atoms with E-state index in [1.54, 1.807) is 43.3 Å². The molecule has 1 amide bonds. The average molecular weight is 519 g/mol. The maximum absolute atomic E-state index is 13.3. The summed E-state index contributed by atoms with van der Waals surface area (Å²) in [5.41, 5.74) is 1.84. The zero-order valence-electron chi connectivity index (χ0n) is 20.4. The number of hydrogen-bond donors (Lipinski definition) is 4. The van der Waals surface area contributed by atoms with Crippen molar-refractivity contribution >= 4 is 33.1 Å². The maximum atomic E-state index is 13.3. The smallest absolute Gasteiger partial charge is 0.258 e. The second-order valence-electron chi connectivity index (χ2n) is 9.66. The predicted molar refractivity (Wildman–Crippen MR) is 138 cm³/mol. The number of pyridine rings is 1. The summed E-state index contributed by atoms with van der Waals surface area (Å²) in [4.78, 5) is 19.8. The molecule has 1 atom stereocenters. The van der Waals surface area contributed by atoms with Gasteiger partial charge in [-0.05, 0) is 62.3 Å². The third kappa shape index (κ3) is 6.86. The highest BCUT2D eigenvalue weighted by molar-refractivity contribution is 7.92. The highest BCUT2D eigenvalue weighted by Gasteiger charge is 2.44. The number of sulfonamides is 1. The van der Waals surface area contributed by atoms with Gasteiger partial charge in [0, 0.05) is 25.6 Å². The summed E-state index contributed by atoms with van der Waals surface area (Å²) in [5.74, 6) is -0.107. The maximum Gasteiger partial charge on any atom is 0.258 e. The van der Waals surface area contributed by atoms with E-state index in [1.165, 1.54) is 12.8 Å². The van der Waals surface area contributed by atoms with E-state index in [0.717, 1.165) is 25.9 Å². The van der Waals surface area contributed by atoms with Crippen molar-refractivity contribution in [3.8, 4) is 5.88 Å². The van der Waals surface area contributed by atoms with Crippen LogP contribution in [0.15, 0.2) is 36.4 Å². The normalized spacial score (nSPS) is 17.5. The first kappa shape index (κ1) is 26.2. The van der Waals surface area contributed by atoms with E-state index in [2.05, 4.69) is 19.9 Å². The van der Waals surface area contributed by atoms with Gasteiger partial charge in [0.25, 0.3) is 5.91 Å². The van der Waals surface area contributed by atoms with Gasteiger partial charge in [0.15, 0.2) is 0 Å². The number of amides is 1. The van der Waals surface area contributed by atoms with Gasteiger partial charge < -0.3 is 25.2 Å². The van der Waals surface area contributed by atoms with Gasteiger partial charge in [0.1, 0.15) is 5.82 Å². The van der Waals surface area contributed by atoms with E-state index < -0.39 is 28.5 Å². The molecule has 1 aliphatic carbocycles. The summed E-state index contributed by atoms with van der Waals surface area (Å²) in [7, 11) is -3.70. The molecule has 4 N–H and O–H groups in total. The molecule has 0 radical (unpaired) electrons. The fourth-order valence-corrected chi connectivity index (χ4v) is 5.21. The average Bonchev–Trinajstić information content (AvgIpc) is 3.58. The number of aliphatic hydroxyl groups excluding tert-OH is 2. The number of hydrogen-bond acceptors (Lipinski definition) is 8. The van der Waals surface area contributed by atoms with E-state index in [1.807, 2.05) is 0 Å². The van der Waals surface area contributed by atoms with Crippen LogP contribution < -0.4 is 19.7 Å². The Kier molecular flexibility index (Phi) is 8.01. The van der Waals surface area contributed by atoms with Gasteiger partial charge in [-0.25, -0.2) is 8.42 Å². The van der Waals surface area contributed by atoms with Gasteiger partial charge in [0.05, 0.1) is 42.0 Å². The van der Waals surface area contributed by atoms with Crippen molar-refractivity contribution in [2.45, 2.75) is 45.1 Å². The van der Waals surface area contributed by atoms with E-state index in [-0.39, 0.29) is 5.91 Å². The van der Waals surface area contributed by atoms with E-state index in [4.69, 9.17) is 9.84 Å². The van der Waals surface area contributed by atoms with Crippen LogP contribution in [0.5, 0.6) is 5.88 Å². The second-order valence-corrected chi connectivity index (χ2v) is 11.5. The van der Waals surface area contributed by atoms with E-state index in [9.17, 15) is 18.3 Å². The quantitative estimate of drug-likeness (QED) is 0.356. The van der Waals surface area contributed by atoms with Gasteiger partial charge in [0.2, 0.25) is 15.9 Å². The molecule has 11 heteroatoms. The standard InChI is InChI=1S/C25H34N4O6S/c1-18(31)7-15-35-23-4-2-3-22(26-23)27-24(32)20-6-5-19(28-36(33,34)16-14-30)17-21(20)29-12-10-25(8-9-25)11-13-29/h2-6,17-18,28,30-31H,7-16H2,1H3,(H,26,27,32). The lowest BCUT2D eigenvalue weighted by Gasteiger charge is -2.35. The zero-order chi connectivity index (χ0) is 25.8. The summed E-state index contributed by atoms with van der Waals surface area (Å²) in [6, 6.07) is 9.89. The number of benzene rings is 1. The SMILES string of the molecule is CC(O)CCOc1cccc(NC(=O)c2ccc(NS(=O)(=O)CCO)cc2N2CCC3(CC2)CC3)n1. The Hall–Kier alpha value is -2.89. The van der Waals surface area contributed by atoms with Crippen LogP contribution in [0.25, 0.3) is 0 Å². The van der Waals surface area contributed by atoms with Crippen molar-refractivity contribution in [2.24, 2.45) is 5.41 Å². The summed E-state index contributed by atoms with van der Waals surface area (Å²) >= 11 is 0.